The van der Waals surface area contributed by atoms with Crippen LogP contribution < -0.4 is 0 Å². The summed E-state index contributed by atoms with van der Waals surface area (Å²) in [6.07, 6.45) is 6.95. The first-order valence-electron chi connectivity index (χ1n) is 5.34. The Bertz CT molecular complexity index is 504. The number of fused-ring (bicyclic) bond motifs is 3. The number of hydrogen-bond donors (Lipinski definition) is 0. The number of benzene rings is 1. The second-order valence-electron chi connectivity index (χ2n) is 3.94. The molecule has 0 N–H and O–H groups in total. The summed E-state index contributed by atoms with van der Waals surface area (Å²) in [5, 5.41) is 0.781. The predicted octanol–water partition coefficient (Wildman–Crippen LogP) is 3.43. The highest BCUT2D eigenvalue weighted by atomic mass is 32.2. The zero-order valence-corrected chi connectivity index (χ0v) is 9.56. The van der Waals surface area contributed by atoms with Crippen molar-refractivity contribution in [1.82, 2.24) is 4.98 Å². The van der Waals surface area contributed by atoms with Crippen molar-refractivity contribution in [2.45, 2.75) is 30.9 Å². The van der Waals surface area contributed by atoms with Gasteiger partial charge in [-0.05, 0) is 49.1 Å². The smallest absolute Gasteiger partial charge is 0.256 e. The summed E-state index contributed by atoms with van der Waals surface area (Å²) in [6.45, 7) is 0. The van der Waals surface area contributed by atoms with Gasteiger partial charge < -0.3 is 4.42 Å². The molecule has 0 amide bonds. The topological polar surface area (TPSA) is 26.0 Å². The monoisotopic (exact) mass is 219 g/mol. The van der Waals surface area contributed by atoms with Crippen LogP contribution in [0.15, 0.2) is 21.8 Å². The third-order valence-corrected chi connectivity index (χ3v) is 3.56. The van der Waals surface area contributed by atoms with Crippen LogP contribution in [0.25, 0.3) is 11.1 Å². The first-order valence-corrected chi connectivity index (χ1v) is 6.56. The number of aryl methyl sites for hydroxylation is 2. The van der Waals surface area contributed by atoms with E-state index >= 15 is 0 Å². The van der Waals surface area contributed by atoms with Gasteiger partial charge >= 0.3 is 0 Å². The van der Waals surface area contributed by atoms with Crippen LogP contribution >= 0.6 is 11.8 Å². The Hall–Kier alpha value is -0.960. The summed E-state index contributed by atoms with van der Waals surface area (Å²) in [5.74, 6) is 0. The van der Waals surface area contributed by atoms with Crippen molar-refractivity contribution >= 4 is 22.9 Å². The predicted molar refractivity (Wildman–Crippen MR) is 62.4 cm³/mol. The van der Waals surface area contributed by atoms with Gasteiger partial charge in [-0.1, -0.05) is 17.8 Å². The summed E-state index contributed by atoms with van der Waals surface area (Å²) in [6, 6.07) is 4.26. The van der Waals surface area contributed by atoms with Crippen LogP contribution in [0.2, 0.25) is 0 Å². The Morgan fingerprint density at radius 2 is 2.13 bits per heavy atom. The van der Waals surface area contributed by atoms with Crippen LogP contribution in [-0.4, -0.2) is 11.2 Å². The quantitative estimate of drug-likeness (QED) is 0.687. The molecule has 1 heterocycles. The third-order valence-electron chi connectivity index (χ3n) is 3.04. The lowest BCUT2D eigenvalue weighted by Crippen LogP contribution is -2.02. The van der Waals surface area contributed by atoms with E-state index in [0.717, 1.165) is 22.7 Å². The van der Waals surface area contributed by atoms with Crippen LogP contribution in [0.1, 0.15) is 24.0 Å². The lowest BCUT2D eigenvalue weighted by Gasteiger charge is -2.14. The standard InChI is InChI=1S/C12H13NOS/c1-15-12-13-11-9-5-3-2-4-8(9)6-7-10(11)14-12/h6-7H,2-5H2,1H3. The van der Waals surface area contributed by atoms with Crippen LogP contribution in [0.5, 0.6) is 0 Å². The van der Waals surface area contributed by atoms with Crippen molar-refractivity contribution in [3.05, 3.63) is 23.3 Å². The summed E-state index contributed by atoms with van der Waals surface area (Å²) < 4.78 is 5.64. The number of hydrogen-bond acceptors (Lipinski definition) is 3. The molecule has 0 bridgehead atoms. The molecule has 0 atom stereocenters. The molecule has 15 heavy (non-hydrogen) atoms. The molecular weight excluding hydrogens is 206 g/mol. The van der Waals surface area contributed by atoms with Crippen LogP contribution in [-0.2, 0) is 12.8 Å². The van der Waals surface area contributed by atoms with Crippen LogP contribution in [0, 0.1) is 0 Å². The number of rotatable bonds is 1. The van der Waals surface area contributed by atoms with Crippen LogP contribution in [0.4, 0.5) is 0 Å². The van der Waals surface area contributed by atoms with Gasteiger partial charge in [-0.25, -0.2) is 4.98 Å². The average Bonchev–Trinajstić information content (AvgIpc) is 2.72. The molecule has 0 spiro atoms. The highest BCUT2D eigenvalue weighted by Crippen LogP contribution is 2.30. The Kier molecular flexibility index (Phi) is 2.20. The average molecular weight is 219 g/mol. The summed E-state index contributed by atoms with van der Waals surface area (Å²) >= 11 is 1.57. The SMILES string of the molecule is CSc1nc2c3c(ccc2o1)CCCC3. The minimum Gasteiger partial charge on any atom is -0.431 e. The van der Waals surface area contributed by atoms with Gasteiger partial charge in [0.05, 0.1) is 0 Å². The fraction of sp³-hybridized carbons (Fsp3) is 0.417. The fourth-order valence-corrected chi connectivity index (χ4v) is 2.64. The van der Waals surface area contributed by atoms with E-state index in [1.807, 2.05) is 6.26 Å². The lowest BCUT2D eigenvalue weighted by atomic mass is 9.91. The van der Waals surface area contributed by atoms with Crippen molar-refractivity contribution < 1.29 is 4.42 Å². The van der Waals surface area contributed by atoms with Gasteiger partial charge in [0.1, 0.15) is 5.52 Å². The number of oxazole rings is 1. The molecule has 3 rings (SSSR count). The van der Waals surface area contributed by atoms with Crippen molar-refractivity contribution in [2.75, 3.05) is 6.26 Å². The Morgan fingerprint density at radius 3 is 3.00 bits per heavy atom. The lowest BCUT2D eigenvalue weighted by molar-refractivity contribution is 0.490. The van der Waals surface area contributed by atoms with Gasteiger partial charge in [0.25, 0.3) is 5.22 Å². The highest BCUT2D eigenvalue weighted by molar-refractivity contribution is 7.98. The van der Waals surface area contributed by atoms with Gasteiger partial charge in [0.2, 0.25) is 0 Å². The molecule has 3 heteroatoms. The minimum atomic E-state index is 0.781. The molecule has 1 aromatic carbocycles. The van der Waals surface area contributed by atoms with E-state index in [1.165, 1.54) is 30.4 Å². The Balaban J connectivity index is 2.25. The molecule has 78 valence electrons. The van der Waals surface area contributed by atoms with Gasteiger partial charge in [0, 0.05) is 0 Å². The molecule has 0 fully saturated rings. The molecule has 0 unspecified atom stereocenters. The van der Waals surface area contributed by atoms with E-state index in [9.17, 15) is 0 Å². The number of nitrogens with zero attached hydrogens (tertiary/aromatic N) is 1. The molecule has 0 saturated carbocycles. The van der Waals surface area contributed by atoms with Crippen molar-refractivity contribution in [3.63, 3.8) is 0 Å². The van der Waals surface area contributed by atoms with Crippen LogP contribution in [0.3, 0.4) is 0 Å². The normalized spacial score (nSPS) is 15.5. The first-order chi connectivity index (χ1) is 7.38. The second-order valence-corrected chi connectivity index (χ2v) is 4.70. The van der Waals surface area contributed by atoms with Gasteiger partial charge in [-0.2, -0.15) is 0 Å². The van der Waals surface area contributed by atoms with E-state index in [1.54, 1.807) is 11.8 Å². The van der Waals surface area contributed by atoms with Gasteiger partial charge in [-0.15, -0.1) is 0 Å². The maximum atomic E-state index is 5.64. The fourth-order valence-electron chi connectivity index (χ4n) is 2.29. The largest absolute Gasteiger partial charge is 0.431 e. The highest BCUT2D eigenvalue weighted by Gasteiger charge is 2.16. The molecule has 0 aliphatic heterocycles. The number of aromatic nitrogens is 1. The van der Waals surface area contributed by atoms with Crippen molar-refractivity contribution in [1.29, 1.82) is 0 Å². The van der Waals surface area contributed by atoms with Gasteiger partial charge in [-0.3, -0.25) is 0 Å². The maximum absolute atomic E-state index is 5.64. The van der Waals surface area contributed by atoms with E-state index in [4.69, 9.17) is 4.42 Å². The second kappa shape index (κ2) is 3.56. The molecule has 1 aliphatic rings. The third kappa shape index (κ3) is 1.46. The Labute approximate surface area is 93.1 Å². The van der Waals surface area contributed by atoms with E-state index in [0.29, 0.717) is 0 Å². The molecule has 0 saturated heterocycles. The molecule has 2 aromatic rings. The van der Waals surface area contributed by atoms with E-state index < -0.39 is 0 Å². The summed E-state index contributed by atoms with van der Waals surface area (Å²) in [7, 11) is 0. The zero-order valence-electron chi connectivity index (χ0n) is 8.75. The first kappa shape index (κ1) is 9.28. The molecule has 1 aromatic heterocycles. The molecule has 2 nitrogen and oxygen atoms in total. The van der Waals surface area contributed by atoms with Gasteiger partial charge in [0.15, 0.2) is 5.58 Å². The van der Waals surface area contributed by atoms with E-state index in [2.05, 4.69) is 17.1 Å². The van der Waals surface area contributed by atoms with Crippen molar-refractivity contribution in [2.24, 2.45) is 0 Å². The zero-order chi connectivity index (χ0) is 10.3. The molecule has 1 aliphatic carbocycles. The Morgan fingerprint density at radius 1 is 1.27 bits per heavy atom. The summed E-state index contributed by atoms with van der Waals surface area (Å²) in [4.78, 5) is 4.54. The molecule has 0 radical (unpaired) electrons. The minimum absolute atomic E-state index is 0.781. The molecular formula is C12H13NOS. The summed E-state index contributed by atoms with van der Waals surface area (Å²) in [5.41, 5.74) is 4.93. The maximum Gasteiger partial charge on any atom is 0.256 e. The number of thioether (sulfide) groups is 1. The van der Waals surface area contributed by atoms with Crippen molar-refractivity contribution in [3.8, 4) is 0 Å². The van der Waals surface area contributed by atoms with E-state index in [-0.39, 0.29) is 0 Å².